The SMILES string of the molecule is Cc1ccn2cc(CNC(=O)CCc3c[nH]c4ccccc34)nc2c1. The van der Waals surface area contributed by atoms with Crippen LogP contribution in [0.3, 0.4) is 0 Å². The molecule has 126 valence electrons. The number of carbonyl (C=O) groups is 1. The molecule has 5 heteroatoms. The summed E-state index contributed by atoms with van der Waals surface area (Å²) in [5.74, 6) is 0.0403. The number of benzene rings is 1. The molecule has 25 heavy (non-hydrogen) atoms. The third-order valence-corrected chi connectivity index (χ3v) is 4.43. The van der Waals surface area contributed by atoms with E-state index >= 15 is 0 Å². The number of para-hydroxylation sites is 1. The van der Waals surface area contributed by atoms with Gasteiger partial charge in [0.2, 0.25) is 5.91 Å². The van der Waals surface area contributed by atoms with Gasteiger partial charge in [0.15, 0.2) is 0 Å². The lowest BCUT2D eigenvalue weighted by Crippen LogP contribution is -2.23. The Labute approximate surface area is 145 Å². The van der Waals surface area contributed by atoms with E-state index in [0.29, 0.717) is 13.0 Å². The molecule has 0 atom stereocenters. The van der Waals surface area contributed by atoms with Gasteiger partial charge >= 0.3 is 0 Å². The van der Waals surface area contributed by atoms with Crippen LogP contribution in [0.5, 0.6) is 0 Å². The van der Waals surface area contributed by atoms with Gasteiger partial charge in [-0.2, -0.15) is 0 Å². The highest BCUT2D eigenvalue weighted by atomic mass is 16.1. The zero-order valence-corrected chi connectivity index (χ0v) is 14.1. The van der Waals surface area contributed by atoms with Crippen LogP contribution >= 0.6 is 0 Å². The van der Waals surface area contributed by atoms with Gasteiger partial charge in [-0.15, -0.1) is 0 Å². The maximum absolute atomic E-state index is 12.2. The van der Waals surface area contributed by atoms with E-state index in [0.717, 1.165) is 23.3 Å². The van der Waals surface area contributed by atoms with E-state index in [9.17, 15) is 4.79 Å². The van der Waals surface area contributed by atoms with Gasteiger partial charge in [-0.3, -0.25) is 4.79 Å². The Kier molecular flexibility index (Phi) is 3.98. The molecule has 0 aliphatic rings. The second kappa shape index (κ2) is 6.43. The van der Waals surface area contributed by atoms with Crippen molar-refractivity contribution in [2.75, 3.05) is 0 Å². The third kappa shape index (κ3) is 3.26. The summed E-state index contributed by atoms with van der Waals surface area (Å²) in [5, 5.41) is 4.15. The molecule has 1 aromatic carbocycles. The number of hydrogen-bond acceptors (Lipinski definition) is 2. The lowest BCUT2D eigenvalue weighted by atomic mass is 10.1. The Morgan fingerprint density at radius 2 is 2.16 bits per heavy atom. The molecular weight excluding hydrogens is 312 g/mol. The van der Waals surface area contributed by atoms with E-state index in [1.165, 1.54) is 16.5 Å². The first-order chi connectivity index (χ1) is 12.2. The van der Waals surface area contributed by atoms with Crippen LogP contribution in [0.15, 0.2) is 55.0 Å². The number of hydrogen-bond donors (Lipinski definition) is 2. The molecule has 0 saturated carbocycles. The van der Waals surface area contributed by atoms with E-state index < -0.39 is 0 Å². The molecule has 0 bridgehead atoms. The van der Waals surface area contributed by atoms with Crippen molar-refractivity contribution in [2.24, 2.45) is 0 Å². The lowest BCUT2D eigenvalue weighted by molar-refractivity contribution is -0.121. The molecule has 4 rings (SSSR count). The van der Waals surface area contributed by atoms with Gasteiger partial charge in [-0.1, -0.05) is 18.2 Å². The molecule has 0 fully saturated rings. The fourth-order valence-electron chi connectivity index (χ4n) is 3.09. The van der Waals surface area contributed by atoms with Crippen molar-refractivity contribution in [2.45, 2.75) is 26.3 Å². The van der Waals surface area contributed by atoms with Gasteiger partial charge in [0.05, 0.1) is 12.2 Å². The molecule has 3 aromatic heterocycles. The van der Waals surface area contributed by atoms with Crippen LogP contribution in [-0.2, 0) is 17.8 Å². The number of carbonyl (C=O) groups excluding carboxylic acids is 1. The van der Waals surface area contributed by atoms with Crippen LogP contribution in [0, 0.1) is 6.92 Å². The van der Waals surface area contributed by atoms with Gasteiger partial charge < -0.3 is 14.7 Å². The summed E-state index contributed by atoms with van der Waals surface area (Å²) >= 11 is 0. The summed E-state index contributed by atoms with van der Waals surface area (Å²) in [6, 6.07) is 12.2. The van der Waals surface area contributed by atoms with Crippen molar-refractivity contribution >= 4 is 22.5 Å². The number of imidazole rings is 1. The van der Waals surface area contributed by atoms with Gasteiger partial charge in [-0.05, 0) is 42.7 Å². The van der Waals surface area contributed by atoms with E-state index in [4.69, 9.17) is 0 Å². The lowest BCUT2D eigenvalue weighted by Gasteiger charge is -2.03. The van der Waals surface area contributed by atoms with E-state index in [-0.39, 0.29) is 5.91 Å². The highest BCUT2D eigenvalue weighted by Gasteiger charge is 2.08. The Balaban J connectivity index is 1.35. The molecule has 5 nitrogen and oxygen atoms in total. The highest BCUT2D eigenvalue weighted by molar-refractivity contribution is 5.84. The van der Waals surface area contributed by atoms with Gasteiger partial charge in [0.25, 0.3) is 0 Å². The zero-order valence-electron chi connectivity index (χ0n) is 14.1. The first-order valence-electron chi connectivity index (χ1n) is 8.45. The van der Waals surface area contributed by atoms with Gasteiger partial charge in [0, 0.05) is 35.9 Å². The van der Waals surface area contributed by atoms with E-state index in [1.54, 1.807) is 0 Å². The standard InChI is InChI=1S/C20H20N4O/c1-14-8-9-24-13-16(23-19(24)10-14)12-22-20(25)7-6-15-11-21-18-5-3-2-4-17(15)18/h2-5,8-11,13,21H,6-7,12H2,1H3,(H,22,25). The number of aromatic nitrogens is 3. The topological polar surface area (TPSA) is 62.2 Å². The smallest absolute Gasteiger partial charge is 0.220 e. The van der Waals surface area contributed by atoms with Gasteiger partial charge in [0.1, 0.15) is 5.65 Å². The van der Waals surface area contributed by atoms with Crippen LogP contribution in [-0.4, -0.2) is 20.3 Å². The summed E-state index contributed by atoms with van der Waals surface area (Å²) < 4.78 is 1.97. The number of nitrogens with one attached hydrogen (secondary N) is 2. The van der Waals surface area contributed by atoms with Crippen molar-refractivity contribution in [3.05, 3.63) is 71.8 Å². The fraction of sp³-hybridized carbons (Fsp3) is 0.200. The van der Waals surface area contributed by atoms with Crippen molar-refractivity contribution in [3.8, 4) is 0 Å². The minimum absolute atomic E-state index is 0.0403. The maximum atomic E-state index is 12.2. The molecule has 4 aromatic rings. The first-order valence-corrected chi connectivity index (χ1v) is 8.45. The molecule has 0 saturated heterocycles. The number of nitrogens with zero attached hydrogens (tertiary/aromatic N) is 2. The maximum Gasteiger partial charge on any atom is 0.220 e. The molecule has 0 spiro atoms. The Morgan fingerprint density at radius 3 is 3.08 bits per heavy atom. The zero-order chi connectivity index (χ0) is 17.2. The second-order valence-corrected chi connectivity index (χ2v) is 6.34. The van der Waals surface area contributed by atoms with E-state index in [2.05, 4.69) is 21.4 Å². The van der Waals surface area contributed by atoms with Crippen LogP contribution in [0.4, 0.5) is 0 Å². The monoisotopic (exact) mass is 332 g/mol. The van der Waals surface area contributed by atoms with Crippen molar-refractivity contribution < 1.29 is 4.79 Å². The average Bonchev–Trinajstić information content (AvgIpc) is 3.21. The highest BCUT2D eigenvalue weighted by Crippen LogP contribution is 2.18. The molecule has 0 aliphatic carbocycles. The van der Waals surface area contributed by atoms with Gasteiger partial charge in [-0.25, -0.2) is 4.98 Å². The normalized spacial score (nSPS) is 11.2. The number of rotatable bonds is 5. The molecule has 0 aliphatic heterocycles. The number of aryl methyl sites for hydroxylation is 2. The molecule has 0 radical (unpaired) electrons. The largest absolute Gasteiger partial charge is 0.361 e. The quantitative estimate of drug-likeness (QED) is 0.588. The van der Waals surface area contributed by atoms with Crippen LogP contribution < -0.4 is 5.32 Å². The predicted octanol–water partition coefficient (Wildman–Crippen LogP) is 3.37. The first kappa shape index (κ1) is 15.4. The summed E-state index contributed by atoms with van der Waals surface area (Å²) in [4.78, 5) is 19.9. The summed E-state index contributed by atoms with van der Waals surface area (Å²) in [6.45, 7) is 2.49. The number of aromatic amines is 1. The molecule has 3 heterocycles. The summed E-state index contributed by atoms with van der Waals surface area (Å²) in [6.07, 6.45) is 7.12. The Hall–Kier alpha value is -3.08. The van der Waals surface area contributed by atoms with Crippen molar-refractivity contribution in [1.82, 2.24) is 19.7 Å². The molecular formula is C20H20N4O. The minimum atomic E-state index is 0.0403. The van der Waals surface area contributed by atoms with Crippen molar-refractivity contribution in [3.63, 3.8) is 0 Å². The molecule has 0 unspecified atom stereocenters. The van der Waals surface area contributed by atoms with Crippen LogP contribution in [0.1, 0.15) is 23.2 Å². The fourth-order valence-corrected chi connectivity index (χ4v) is 3.09. The van der Waals surface area contributed by atoms with E-state index in [1.807, 2.05) is 60.2 Å². The Bertz CT molecular complexity index is 1040. The Morgan fingerprint density at radius 1 is 1.28 bits per heavy atom. The average molecular weight is 332 g/mol. The summed E-state index contributed by atoms with van der Waals surface area (Å²) in [7, 11) is 0. The third-order valence-electron chi connectivity index (χ3n) is 4.43. The molecule has 2 N–H and O–H groups in total. The molecule has 1 amide bonds. The minimum Gasteiger partial charge on any atom is -0.361 e. The van der Waals surface area contributed by atoms with Crippen LogP contribution in [0.2, 0.25) is 0 Å². The number of amides is 1. The predicted molar refractivity (Wildman–Crippen MR) is 98.4 cm³/mol. The van der Waals surface area contributed by atoms with Crippen LogP contribution in [0.25, 0.3) is 16.6 Å². The number of fused-ring (bicyclic) bond motifs is 2. The second-order valence-electron chi connectivity index (χ2n) is 6.34. The summed E-state index contributed by atoms with van der Waals surface area (Å²) in [5.41, 5.74) is 5.23. The van der Waals surface area contributed by atoms with Crippen molar-refractivity contribution in [1.29, 1.82) is 0 Å². The number of pyridine rings is 1. The number of H-pyrrole nitrogens is 1.